The third kappa shape index (κ3) is 3.81. The molecule has 2 aromatic heterocycles. The number of aromatic nitrogens is 3. The molecule has 108 valence electrons. The van der Waals surface area contributed by atoms with E-state index in [4.69, 9.17) is 11.6 Å². The van der Waals surface area contributed by atoms with Gasteiger partial charge in [-0.3, -0.25) is 0 Å². The number of nitrogens with zero attached hydrogens (tertiary/aromatic N) is 3. The fourth-order valence-electron chi connectivity index (χ4n) is 1.72. The average Bonchev–Trinajstić information content (AvgIpc) is 2.66. The van der Waals surface area contributed by atoms with E-state index in [0.29, 0.717) is 11.6 Å². The quantitative estimate of drug-likeness (QED) is 0.906. The molecule has 0 radical (unpaired) electrons. The second-order valence-corrected chi connectivity index (χ2v) is 7.07. The summed E-state index contributed by atoms with van der Waals surface area (Å²) in [6.07, 6.45) is 3.55. The molecule has 1 N–H and O–H groups in total. The zero-order valence-electron chi connectivity index (χ0n) is 12.0. The number of pyridine rings is 1. The number of hydrogen-bond donors (Lipinski definition) is 1. The lowest BCUT2D eigenvalue weighted by atomic mass is 10.1. The number of rotatable bonds is 3. The standard InChI is InChI=1S/C14H18BrClN4/c1-9-12(16)8-20(19-9)13-10(5-11(15)7-17-13)6-18-14(2,3)4/h5,7-8,18H,6H2,1-4H3. The highest BCUT2D eigenvalue weighted by molar-refractivity contribution is 9.10. The predicted molar refractivity (Wildman–Crippen MR) is 85.4 cm³/mol. The van der Waals surface area contributed by atoms with Crippen molar-refractivity contribution in [1.82, 2.24) is 20.1 Å². The predicted octanol–water partition coefficient (Wildman–Crippen LogP) is 3.88. The van der Waals surface area contributed by atoms with E-state index in [-0.39, 0.29) is 5.54 Å². The summed E-state index contributed by atoms with van der Waals surface area (Å²) in [7, 11) is 0. The van der Waals surface area contributed by atoms with Crippen molar-refractivity contribution in [2.45, 2.75) is 39.8 Å². The van der Waals surface area contributed by atoms with Gasteiger partial charge >= 0.3 is 0 Å². The second kappa shape index (κ2) is 5.84. The Balaban J connectivity index is 2.37. The summed E-state index contributed by atoms with van der Waals surface area (Å²) in [5.41, 5.74) is 1.90. The molecular weight excluding hydrogens is 340 g/mol. The Labute approximate surface area is 132 Å². The molecule has 0 aromatic carbocycles. The minimum atomic E-state index is 0.0390. The maximum Gasteiger partial charge on any atom is 0.157 e. The van der Waals surface area contributed by atoms with Gasteiger partial charge < -0.3 is 5.32 Å². The van der Waals surface area contributed by atoms with E-state index in [1.165, 1.54) is 0 Å². The van der Waals surface area contributed by atoms with Gasteiger partial charge in [-0.2, -0.15) is 5.10 Å². The van der Waals surface area contributed by atoms with Gasteiger partial charge in [0.1, 0.15) is 0 Å². The Kier molecular flexibility index (Phi) is 4.52. The zero-order valence-corrected chi connectivity index (χ0v) is 14.4. The Bertz CT molecular complexity index is 597. The van der Waals surface area contributed by atoms with Crippen LogP contribution in [0.4, 0.5) is 0 Å². The van der Waals surface area contributed by atoms with E-state index < -0.39 is 0 Å². The maximum absolute atomic E-state index is 6.08. The SMILES string of the molecule is Cc1nn(-c2ncc(Br)cc2CNC(C)(C)C)cc1Cl. The van der Waals surface area contributed by atoms with E-state index in [1.807, 2.05) is 13.0 Å². The van der Waals surface area contributed by atoms with Crippen LogP contribution in [-0.2, 0) is 6.54 Å². The lowest BCUT2D eigenvalue weighted by molar-refractivity contribution is 0.423. The van der Waals surface area contributed by atoms with Crippen LogP contribution >= 0.6 is 27.5 Å². The van der Waals surface area contributed by atoms with Gasteiger partial charge in [-0.1, -0.05) is 11.6 Å². The molecule has 6 heteroatoms. The first-order chi connectivity index (χ1) is 9.26. The third-order valence-electron chi connectivity index (χ3n) is 2.77. The molecule has 0 unspecified atom stereocenters. The molecule has 20 heavy (non-hydrogen) atoms. The molecule has 0 saturated carbocycles. The molecule has 0 saturated heterocycles. The van der Waals surface area contributed by atoms with Crippen LogP contribution < -0.4 is 5.32 Å². The number of halogens is 2. The molecule has 2 heterocycles. The van der Waals surface area contributed by atoms with E-state index in [9.17, 15) is 0 Å². The summed E-state index contributed by atoms with van der Waals surface area (Å²) in [5, 5.41) is 8.50. The van der Waals surface area contributed by atoms with Gasteiger partial charge in [0, 0.05) is 28.3 Å². The minimum absolute atomic E-state index is 0.0390. The first kappa shape index (κ1) is 15.5. The van der Waals surface area contributed by atoms with Crippen LogP contribution in [0.15, 0.2) is 22.9 Å². The maximum atomic E-state index is 6.08. The Hall–Kier alpha value is -0.910. The molecule has 0 aliphatic rings. The molecular formula is C14H18BrClN4. The van der Waals surface area contributed by atoms with Crippen molar-refractivity contribution < 1.29 is 0 Å². The summed E-state index contributed by atoms with van der Waals surface area (Å²) in [4.78, 5) is 4.46. The van der Waals surface area contributed by atoms with E-state index >= 15 is 0 Å². The van der Waals surface area contributed by atoms with Gasteiger partial charge in [-0.25, -0.2) is 9.67 Å². The van der Waals surface area contributed by atoms with Crippen LogP contribution in [0.5, 0.6) is 0 Å². The Morgan fingerprint density at radius 1 is 1.40 bits per heavy atom. The normalized spacial score (nSPS) is 11.9. The van der Waals surface area contributed by atoms with Crippen LogP contribution in [0.2, 0.25) is 5.02 Å². The third-order valence-corrected chi connectivity index (χ3v) is 3.58. The van der Waals surface area contributed by atoms with E-state index in [0.717, 1.165) is 21.5 Å². The summed E-state index contributed by atoms with van der Waals surface area (Å²) in [6.45, 7) is 8.99. The van der Waals surface area contributed by atoms with Crippen LogP contribution in [0, 0.1) is 6.92 Å². The van der Waals surface area contributed by atoms with Gasteiger partial charge in [-0.15, -0.1) is 0 Å². The van der Waals surface area contributed by atoms with Crippen LogP contribution in [-0.4, -0.2) is 20.3 Å². The van der Waals surface area contributed by atoms with Crippen molar-refractivity contribution in [2.75, 3.05) is 0 Å². The van der Waals surface area contributed by atoms with Gasteiger partial charge in [0.2, 0.25) is 0 Å². The average molecular weight is 358 g/mol. The highest BCUT2D eigenvalue weighted by atomic mass is 79.9. The molecule has 2 rings (SSSR count). The molecule has 4 nitrogen and oxygen atoms in total. The smallest absolute Gasteiger partial charge is 0.157 e. The first-order valence-electron chi connectivity index (χ1n) is 6.38. The summed E-state index contributed by atoms with van der Waals surface area (Å²) >= 11 is 9.54. The van der Waals surface area contributed by atoms with Crippen LogP contribution in [0.3, 0.4) is 0 Å². The van der Waals surface area contributed by atoms with E-state index in [2.05, 4.69) is 52.1 Å². The summed E-state index contributed by atoms with van der Waals surface area (Å²) in [5.74, 6) is 0.792. The fraction of sp³-hybridized carbons (Fsp3) is 0.429. The molecule has 0 fully saturated rings. The Morgan fingerprint density at radius 3 is 2.65 bits per heavy atom. The lowest BCUT2D eigenvalue weighted by Gasteiger charge is -2.21. The molecule has 0 spiro atoms. The number of hydrogen-bond acceptors (Lipinski definition) is 3. The molecule has 0 aliphatic heterocycles. The molecule has 0 bridgehead atoms. The van der Waals surface area contributed by atoms with Gasteiger partial charge in [0.05, 0.1) is 16.9 Å². The second-order valence-electron chi connectivity index (χ2n) is 5.75. The van der Waals surface area contributed by atoms with Crippen molar-refractivity contribution in [3.05, 3.63) is 39.2 Å². The molecule has 0 aliphatic carbocycles. The van der Waals surface area contributed by atoms with Crippen LogP contribution in [0.25, 0.3) is 5.82 Å². The summed E-state index contributed by atoms with van der Waals surface area (Å²) < 4.78 is 2.67. The number of aryl methyl sites for hydroxylation is 1. The van der Waals surface area contributed by atoms with Crippen molar-refractivity contribution in [3.8, 4) is 5.82 Å². The molecule has 0 amide bonds. The number of nitrogens with one attached hydrogen (secondary N) is 1. The van der Waals surface area contributed by atoms with E-state index in [1.54, 1.807) is 17.1 Å². The first-order valence-corrected chi connectivity index (χ1v) is 7.55. The van der Waals surface area contributed by atoms with Crippen molar-refractivity contribution in [3.63, 3.8) is 0 Å². The Morgan fingerprint density at radius 2 is 2.10 bits per heavy atom. The van der Waals surface area contributed by atoms with Crippen LogP contribution in [0.1, 0.15) is 32.0 Å². The molecule has 2 aromatic rings. The topological polar surface area (TPSA) is 42.7 Å². The fourth-order valence-corrected chi connectivity index (χ4v) is 2.23. The van der Waals surface area contributed by atoms with Gasteiger partial charge in [-0.05, 0) is 49.7 Å². The molecule has 0 atom stereocenters. The van der Waals surface area contributed by atoms with Crippen molar-refractivity contribution in [1.29, 1.82) is 0 Å². The highest BCUT2D eigenvalue weighted by Crippen LogP contribution is 2.21. The minimum Gasteiger partial charge on any atom is -0.308 e. The van der Waals surface area contributed by atoms with Crippen molar-refractivity contribution >= 4 is 27.5 Å². The van der Waals surface area contributed by atoms with Gasteiger partial charge in [0.25, 0.3) is 0 Å². The largest absolute Gasteiger partial charge is 0.308 e. The lowest BCUT2D eigenvalue weighted by Crippen LogP contribution is -2.35. The van der Waals surface area contributed by atoms with Crippen molar-refractivity contribution in [2.24, 2.45) is 0 Å². The monoisotopic (exact) mass is 356 g/mol. The highest BCUT2D eigenvalue weighted by Gasteiger charge is 2.14. The zero-order chi connectivity index (χ0) is 14.9. The summed E-state index contributed by atoms with van der Waals surface area (Å²) in [6, 6.07) is 2.05. The van der Waals surface area contributed by atoms with Gasteiger partial charge in [0.15, 0.2) is 5.82 Å².